The van der Waals surface area contributed by atoms with Crippen molar-refractivity contribution in [3.63, 3.8) is 0 Å². The van der Waals surface area contributed by atoms with Gasteiger partial charge < -0.3 is 4.74 Å². The van der Waals surface area contributed by atoms with Crippen LogP contribution in [0.15, 0.2) is 42.6 Å². The van der Waals surface area contributed by atoms with Gasteiger partial charge in [-0.1, -0.05) is 18.2 Å². The zero-order valence-corrected chi connectivity index (χ0v) is 10.6. The van der Waals surface area contributed by atoms with Gasteiger partial charge in [0.05, 0.1) is 6.61 Å². The van der Waals surface area contributed by atoms with Gasteiger partial charge in [-0.15, -0.1) is 0 Å². The molecule has 1 aromatic carbocycles. The second kappa shape index (κ2) is 6.09. The Balaban J connectivity index is 2.24. The highest BCUT2D eigenvalue weighted by Gasteiger charge is 2.13. The van der Waals surface area contributed by atoms with Crippen LogP contribution in [0.25, 0.3) is 0 Å². The Hall–Kier alpha value is -2.23. The lowest BCUT2D eigenvalue weighted by atomic mass is 10.0. The second-order valence-electron chi connectivity index (χ2n) is 4.03. The molecular formula is C15H14FNO2. The van der Waals surface area contributed by atoms with Crippen molar-refractivity contribution in [1.82, 2.24) is 4.98 Å². The highest BCUT2D eigenvalue weighted by atomic mass is 19.1. The zero-order valence-electron chi connectivity index (χ0n) is 10.6. The van der Waals surface area contributed by atoms with Gasteiger partial charge in [0.1, 0.15) is 5.82 Å². The minimum absolute atomic E-state index is 0.277. The van der Waals surface area contributed by atoms with Crippen LogP contribution in [-0.2, 0) is 11.2 Å². The molecule has 0 aliphatic carbocycles. The number of aromatic nitrogens is 1. The Morgan fingerprint density at radius 3 is 2.68 bits per heavy atom. The molecule has 0 bridgehead atoms. The summed E-state index contributed by atoms with van der Waals surface area (Å²) in [5.41, 5.74) is 2.00. The summed E-state index contributed by atoms with van der Waals surface area (Å²) >= 11 is 0. The maximum atomic E-state index is 12.8. The Bertz CT molecular complexity index is 567. The first-order valence-electron chi connectivity index (χ1n) is 6.06. The average molecular weight is 259 g/mol. The molecule has 19 heavy (non-hydrogen) atoms. The number of esters is 1. The van der Waals surface area contributed by atoms with E-state index in [-0.39, 0.29) is 5.82 Å². The molecule has 0 spiro atoms. The number of ether oxygens (including phenoxy) is 1. The number of nitrogens with zero attached hydrogens (tertiary/aromatic N) is 1. The first-order valence-corrected chi connectivity index (χ1v) is 6.06. The third kappa shape index (κ3) is 3.37. The van der Waals surface area contributed by atoms with Gasteiger partial charge in [-0.3, -0.25) is 0 Å². The van der Waals surface area contributed by atoms with E-state index in [1.54, 1.807) is 31.3 Å². The summed E-state index contributed by atoms with van der Waals surface area (Å²) in [6.07, 6.45) is 2.07. The largest absolute Gasteiger partial charge is 0.461 e. The van der Waals surface area contributed by atoms with Gasteiger partial charge in [0.25, 0.3) is 0 Å². The molecule has 3 nitrogen and oxygen atoms in total. The van der Waals surface area contributed by atoms with E-state index in [0.717, 1.165) is 11.1 Å². The monoisotopic (exact) mass is 259 g/mol. The maximum absolute atomic E-state index is 12.8. The molecule has 0 fully saturated rings. The molecule has 1 heterocycles. The van der Waals surface area contributed by atoms with Crippen LogP contribution in [0.1, 0.15) is 28.5 Å². The average Bonchev–Trinajstić information content (AvgIpc) is 2.42. The van der Waals surface area contributed by atoms with Crippen LogP contribution in [0, 0.1) is 5.82 Å². The number of carbonyl (C=O) groups is 1. The van der Waals surface area contributed by atoms with E-state index in [0.29, 0.717) is 18.7 Å². The zero-order chi connectivity index (χ0) is 13.7. The number of hydrogen-bond donors (Lipinski definition) is 0. The number of rotatable bonds is 4. The Kier molecular flexibility index (Phi) is 4.23. The minimum Gasteiger partial charge on any atom is -0.461 e. The predicted octanol–water partition coefficient (Wildman–Crippen LogP) is 2.99. The molecule has 1 aromatic heterocycles. The molecule has 0 atom stereocenters. The van der Waals surface area contributed by atoms with E-state index in [1.165, 1.54) is 12.1 Å². The first-order chi connectivity index (χ1) is 9.20. The van der Waals surface area contributed by atoms with E-state index in [2.05, 4.69) is 4.98 Å². The van der Waals surface area contributed by atoms with Crippen LogP contribution in [0.3, 0.4) is 0 Å². The van der Waals surface area contributed by atoms with E-state index in [4.69, 9.17) is 4.74 Å². The molecule has 0 aliphatic rings. The number of halogens is 1. The third-order valence-electron chi connectivity index (χ3n) is 2.67. The lowest BCUT2D eigenvalue weighted by Gasteiger charge is -2.07. The van der Waals surface area contributed by atoms with Crippen molar-refractivity contribution in [3.8, 4) is 0 Å². The van der Waals surface area contributed by atoms with Crippen molar-refractivity contribution < 1.29 is 13.9 Å². The summed E-state index contributed by atoms with van der Waals surface area (Å²) in [4.78, 5) is 15.8. The summed E-state index contributed by atoms with van der Waals surface area (Å²) in [7, 11) is 0. The molecule has 0 aliphatic heterocycles. The second-order valence-corrected chi connectivity index (χ2v) is 4.03. The molecule has 98 valence electrons. The lowest BCUT2D eigenvalue weighted by Crippen LogP contribution is -2.10. The van der Waals surface area contributed by atoms with Gasteiger partial charge in [0.2, 0.25) is 0 Å². The van der Waals surface area contributed by atoms with Gasteiger partial charge in [-0.2, -0.15) is 0 Å². The fourth-order valence-corrected chi connectivity index (χ4v) is 1.79. The molecule has 0 radical (unpaired) electrons. The van der Waals surface area contributed by atoms with Crippen LogP contribution in [0.2, 0.25) is 0 Å². The topological polar surface area (TPSA) is 39.2 Å². The standard InChI is InChI=1S/C15H14FNO2/c1-2-19-15(18)14-12(4-3-9-17-14)10-11-5-7-13(16)8-6-11/h3-9H,2,10H2,1H3. The van der Waals surface area contributed by atoms with Crippen LogP contribution < -0.4 is 0 Å². The van der Waals surface area contributed by atoms with E-state index >= 15 is 0 Å². The van der Waals surface area contributed by atoms with E-state index < -0.39 is 5.97 Å². The van der Waals surface area contributed by atoms with Crippen LogP contribution >= 0.6 is 0 Å². The molecule has 0 saturated heterocycles. The lowest BCUT2D eigenvalue weighted by molar-refractivity contribution is 0.0518. The first kappa shape index (κ1) is 13.2. The fourth-order valence-electron chi connectivity index (χ4n) is 1.79. The summed E-state index contributed by atoms with van der Waals surface area (Å²) in [5, 5.41) is 0. The third-order valence-corrected chi connectivity index (χ3v) is 2.67. The van der Waals surface area contributed by atoms with Gasteiger partial charge in [-0.25, -0.2) is 14.2 Å². The van der Waals surface area contributed by atoms with Gasteiger partial charge in [0, 0.05) is 6.20 Å². The SMILES string of the molecule is CCOC(=O)c1ncccc1Cc1ccc(F)cc1. The van der Waals surface area contributed by atoms with E-state index in [1.807, 2.05) is 6.07 Å². The Morgan fingerprint density at radius 2 is 2.00 bits per heavy atom. The van der Waals surface area contributed by atoms with Crippen molar-refractivity contribution in [1.29, 1.82) is 0 Å². The van der Waals surface area contributed by atoms with Crippen LogP contribution in [0.5, 0.6) is 0 Å². The van der Waals surface area contributed by atoms with Crippen LogP contribution in [-0.4, -0.2) is 17.6 Å². The number of hydrogen-bond acceptors (Lipinski definition) is 3. The van der Waals surface area contributed by atoms with Gasteiger partial charge in [-0.05, 0) is 42.7 Å². The number of carbonyl (C=O) groups excluding carboxylic acids is 1. The maximum Gasteiger partial charge on any atom is 0.357 e. The fraction of sp³-hybridized carbons (Fsp3) is 0.200. The molecule has 0 N–H and O–H groups in total. The summed E-state index contributed by atoms with van der Waals surface area (Å²) < 4.78 is 17.8. The molecule has 0 unspecified atom stereocenters. The normalized spacial score (nSPS) is 10.2. The highest BCUT2D eigenvalue weighted by Crippen LogP contribution is 2.14. The number of benzene rings is 1. The summed E-state index contributed by atoms with van der Waals surface area (Å²) in [6, 6.07) is 9.77. The smallest absolute Gasteiger partial charge is 0.357 e. The molecule has 2 rings (SSSR count). The Morgan fingerprint density at radius 1 is 1.26 bits per heavy atom. The molecule has 0 amide bonds. The van der Waals surface area contributed by atoms with Crippen molar-refractivity contribution >= 4 is 5.97 Å². The molecular weight excluding hydrogens is 245 g/mol. The van der Waals surface area contributed by atoms with Gasteiger partial charge >= 0.3 is 5.97 Å². The van der Waals surface area contributed by atoms with Gasteiger partial charge in [0.15, 0.2) is 5.69 Å². The minimum atomic E-state index is -0.430. The predicted molar refractivity (Wildman–Crippen MR) is 69.4 cm³/mol. The molecule has 4 heteroatoms. The summed E-state index contributed by atoms with van der Waals surface area (Å²) in [6.45, 7) is 2.06. The van der Waals surface area contributed by atoms with E-state index in [9.17, 15) is 9.18 Å². The summed E-state index contributed by atoms with van der Waals surface area (Å²) in [5.74, 6) is -0.708. The van der Waals surface area contributed by atoms with Crippen molar-refractivity contribution in [2.24, 2.45) is 0 Å². The molecule has 2 aromatic rings. The van der Waals surface area contributed by atoms with Crippen molar-refractivity contribution in [2.45, 2.75) is 13.3 Å². The quantitative estimate of drug-likeness (QED) is 0.792. The molecule has 0 saturated carbocycles. The Labute approximate surface area is 111 Å². The number of pyridine rings is 1. The van der Waals surface area contributed by atoms with Crippen LogP contribution in [0.4, 0.5) is 4.39 Å². The highest BCUT2D eigenvalue weighted by molar-refractivity contribution is 5.88. The van der Waals surface area contributed by atoms with Crippen molar-refractivity contribution in [2.75, 3.05) is 6.61 Å². The van der Waals surface area contributed by atoms with Crippen molar-refractivity contribution in [3.05, 3.63) is 65.2 Å².